The van der Waals surface area contributed by atoms with Gasteiger partial charge in [-0.1, -0.05) is 42.5 Å². The van der Waals surface area contributed by atoms with Crippen LogP contribution in [-0.4, -0.2) is 64.4 Å². The van der Waals surface area contributed by atoms with Crippen LogP contribution in [0.4, 0.5) is 0 Å². The summed E-state index contributed by atoms with van der Waals surface area (Å²) in [7, 11) is 0. The molecule has 1 amide bonds. The Bertz CT molecular complexity index is 1030. The largest absolute Gasteiger partial charge is 0.349 e. The van der Waals surface area contributed by atoms with Gasteiger partial charge in [-0.25, -0.2) is 0 Å². The first-order valence-corrected chi connectivity index (χ1v) is 11.0. The van der Waals surface area contributed by atoms with Gasteiger partial charge in [-0.2, -0.15) is 0 Å². The lowest BCUT2D eigenvalue weighted by atomic mass is 10.0. The number of piperazine rings is 1. The molecule has 2 aliphatic heterocycles. The molecule has 30 heavy (non-hydrogen) atoms. The summed E-state index contributed by atoms with van der Waals surface area (Å²) in [6.45, 7) is 9.11. The van der Waals surface area contributed by atoms with Gasteiger partial charge in [0.15, 0.2) is 0 Å². The summed E-state index contributed by atoms with van der Waals surface area (Å²) in [6, 6.07) is 19.7. The molecule has 0 spiro atoms. The minimum Gasteiger partial charge on any atom is -0.349 e. The van der Waals surface area contributed by atoms with E-state index in [0.29, 0.717) is 12.6 Å². The number of carbonyl (C=O) groups excluding carboxylic acids is 1. The predicted molar refractivity (Wildman–Crippen MR) is 120 cm³/mol. The third kappa shape index (κ3) is 3.75. The summed E-state index contributed by atoms with van der Waals surface area (Å²) in [5, 5.41) is 2.63. The summed E-state index contributed by atoms with van der Waals surface area (Å²) in [5.74, 6) is 0.270. The molecule has 2 aromatic carbocycles. The third-order valence-electron chi connectivity index (χ3n) is 6.81. The zero-order chi connectivity index (χ0) is 20.5. The fourth-order valence-corrected chi connectivity index (χ4v) is 4.94. The van der Waals surface area contributed by atoms with Crippen molar-refractivity contribution in [3.8, 4) is 0 Å². The SMILES string of the molecule is C[C@@H]1c2cccn2CCN1CC(=O)N1CCN(Cc2cccc3ccccc23)CC1. The van der Waals surface area contributed by atoms with E-state index in [1.165, 1.54) is 22.0 Å². The number of rotatable bonds is 4. The predicted octanol–water partition coefficient (Wildman–Crippen LogP) is 3.36. The van der Waals surface area contributed by atoms with Crippen LogP contribution in [0.15, 0.2) is 60.8 Å². The quantitative estimate of drug-likeness (QED) is 0.671. The van der Waals surface area contributed by atoms with Crippen LogP contribution in [0.2, 0.25) is 0 Å². The highest BCUT2D eigenvalue weighted by molar-refractivity contribution is 5.85. The van der Waals surface area contributed by atoms with Crippen molar-refractivity contribution in [2.75, 3.05) is 39.3 Å². The van der Waals surface area contributed by atoms with Crippen molar-refractivity contribution in [3.63, 3.8) is 0 Å². The van der Waals surface area contributed by atoms with Crippen molar-refractivity contribution in [1.82, 2.24) is 19.3 Å². The zero-order valence-corrected chi connectivity index (χ0v) is 17.7. The lowest BCUT2D eigenvalue weighted by molar-refractivity contribution is -0.135. The molecule has 0 N–H and O–H groups in total. The van der Waals surface area contributed by atoms with E-state index in [0.717, 1.165) is 45.8 Å². The van der Waals surface area contributed by atoms with Crippen molar-refractivity contribution in [2.24, 2.45) is 0 Å². The Morgan fingerprint density at radius 3 is 2.57 bits per heavy atom. The fourth-order valence-electron chi connectivity index (χ4n) is 4.94. The lowest BCUT2D eigenvalue weighted by Crippen LogP contribution is -2.51. The Morgan fingerprint density at radius 2 is 1.70 bits per heavy atom. The van der Waals surface area contributed by atoms with E-state index >= 15 is 0 Å². The molecular formula is C25H30N4O. The van der Waals surface area contributed by atoms with Crippen molar-refractivity contribution in [2.45, 2.75) is 26.1 Å². The number of aromatic nitrogens is 1. The van der Waals surface area contributed by atoms with Gasteiger partial charge in [0.25, 0.3) is 0 Å². The van der Waals surface area contributed by atoms with Crippen LogP contribution >= 0.6 is 0 Å². The van der Waals surface area contributed by atoms with E-state index in [-0.39, 0.29) is 5.91 Å². The molecule has 156 valence electrons. The minimum absolute atomic E-state index is 0.270. The molecular weight excluding hydrogens is 372 g/mol. The molecule has 5 nitrogen and oxygen atoms in total. The Hall–Kier alpha value is -2.63. The Morgan fingerprint density at radius 1 is 0.900 bits per heavy atom. The van der Waals surface area contributed by atoms with Gasteiger partial charge >= 0.3 is 0 Å². The van der Waals surface area contributed by atoms with E-state index in [2.05, 4.69) is 87.0 Å². The van der Waals surface area contributed by atoms with Crippen LogP contribution in [0.25, 0.3) is 10.8 Å². The van der Waals surface area contributed by atoms with E-state index in [9.17, 15) is 4.79 Å². The molecule has 3 aromatic rings. The average Bonchev–Trinajstić information content (AvgIpc) is 3.26. The second-order valence-corrected chi connectivity index (χ2v) is 8.57. The highest BCUT2D eigenvalue weighted by Crippen LogP contribution is 2.25. The minimum atomic E-state index is 0.270. The smallest absolute Gasteiger partial charge is 0.236 e. The maximum absolute atomic E-state index is 13.0. The summed E-state index contributed by atoms with van der Waals surface area (Å²) in [4.78, 5) is 19.8. The maximum Gasteiger partial charge on any atom is 0.236 e. The van der Waals surface area contributed by atoms with Gasteiger partial charge in [-0.15, -0.1) is 0 Å². The van der Waals surface area contributed by atoms with Crippen LogP contribution in [-0.2, 0) is 17.9 Å². The molecule has 1 atom stereocenters. The Balaban J connectivity index is 1.17. The van der Waals surface area contributed by atoms with Crippen LogP contribution in [0.5, 0.6) is 0 Å². The molecule has 5 heteroatoms. The van der Waals surface area contributed by atoms with Crippen LogP contribution < -0.4 is 0 Å². The molecule has 1 saturated heterocycles. The van der Waals surface area contributed by atoms with Gasteiger partial charge in [0, 0.05) is 63.7 Å². The van der Waals surface area contributed by atoms with Crippen molar-refractivity contribution >= 4 is 16.7 Å². The van der Waals surface area contributed by atoms with E-state index < -0.39 is 0 Å². The van der Waals surface area contributed by atoms with Crippen molar-refractivity contribution in [3.05, 3.63) is 72.1 Å². The maximum atomic E-state index is 13.0. The van der Waals surface area contributed by atoms with E-state index in [1.54, 1.807) is 0 Å². The number of hydrogen-bond donors (Lipinski definition) is 0. The first-order valence-electron chi connectivity index (χ1n) is 11.0. The number of fused-ring (bicyclic) bond motifs is 2. The zero-order valence-electron chi connectivity index (χ0n) is 17.7. The molecule has 2 aliphatic rings. The first-order chi connectivity index (χ1) is 14.7. The van der Waals surface area contributed by atoms with Crippen LogP contribution in [0.3, 0.4) is 0 Å². The molecule has 0 saturated carbocycles. The molecule has 0 radical (unpaired) electrons. The first kappa shape index (κ1) is 19.3. The molecule has 1 aromatic heterocycles. The third-order valence-corrected chi connectivity index (χ3v) is 6.81. The monoisotopic (exact) mass is 402 g/mol. The van der Waals surface area contributed by atoms with Crippen molar-refractivity contribution in [1.29, 1.82) is 0 Å². The van der Waals surface area contributed by atoms with Gasteiger partial charge in [0.05, 0.1) is 6.54 Å². The molecule has 0 unspecified atom stereocenters. The van der Waals surface area contributed by atoms with Crippen LogP contribution in [0.1, 0.15) is 24.2 Å². The van der Waals surface area contributed by atoms with Crippen LogP contribution in [0, 0.1) is 0 Å². The second kappa shape index (κ2) is 8.25. The standard InChI is InChI=1S/C25H30N4O/c1-20-24-10-5-11-27(24)16-17-29(20)19-25(30)28-14-12-26(13-15-28)18-22-8-4-7-21-6-2-3-9-23(21)22/h2-11,20H,12-19H2,1H3/t20-/m1/s1. The van der Waals surface area contributed by atoms with E-state index in [4.69, 9.17) is 0 Å². The van der Waals surface area contributed by atoms with Gasteiger partial charge in [0.1, 0.15) is 0 Å². The summed E-state index contributed by atoms with van der Waals surface area (Å²) in [5.41, 5.74) is 2.69. The highest BCUT2D eigenvalue weighted by Gasteiger charge is 2.28. The summed E-state index contributed by atoms with van der Waals surface area (Å²) >= 11 is 0. The molecule has 5 rings (SSSR count). The normalized spacial score (nSPS) is 20.4. The summed E-state index contributed by atoms with van der Waals surface area (Å²) < 4.78 is 2.30. The molecule has 0 bridgehead atoms. The summed E-state index contributed by atoms with van der Waals surface area (Å²) in [6.07, 6.45) is 2.14. The van der Waals surface area contributed by atoms with Gasteiger partial charge in [-0.05, 0) is 35.4 Å². The average molecular weight is 403 g/mol. The molecule has 1 fully saturated rings. The number of hydrogen-bond acceptors (Lipinski definition) is 3. The Labute approximate surface area is 178 Å². The topological polar surface area (TPSA) is 31.7 Å². The molecule has 3 heterocycles. The highest BCUT2D eigenvalue weighted by atomic mass is 16.2. The van der Waals surface area contributed by atoms with Gasteiger partial charge in [0.2, 0.25) is 5.91 Å². The second-order valence-electron chi connectivity index (χ2n) is 8.57. The number of amides is 1. The number of carbonyl (C=O) groups is 1. The Kier molecular flexibility index (Phi) is 5.32. The lowest BCUT2D eigenvalue weighted by Gasteiger charge is -2.38. The van der Waals surface area contributed by atoms with E-state index in [1.807, 2.05) is 0 Å². The number of nitrogens with zero attached hydrogens (tertiary/aromatic N) is 4. The molecule has 0 aliphatic carbocycles. The number of benzene rings is 2. The fraction of sp³-hybridized carbons (Fsp3) is 0.400. The van der Waals surface area contributed by atoms with Gasteiger partial charge in [-0.3, -0.25) is 14.6 Å². The van der Waals surface area contributed by atoms with Crippen molar-refractivity contribution < 1.29 is 4.79 Å². The van der Waals surface area contributed by atoms with Gasteiger partial charge < -0.3 is 9.47 Å².